The Balaban J connectivity index is 1.93. The van der Waals surface area contributed by atoms with Gasteiger partial charge in [0.05, 0.1) is 13.3 Å². The number of nitrogens with zero attached hydrogens (tertiary/aromatic N) is 2. The molecule has 2 aromatic rings. The maximum absolute atomic E-state index is 5.80. The van der Waals surface area contributed by atoms with E-state index in [2.05, 4.69) is 17.2 Å². The zero-order chi connectivity index (χ0) is 13.0. The Morgan fingerprint density at radius 2 is 2.06 bits per heavy atom. The molecule has 0 radical (unpaired) electrons. The highest BCUT2D eigenvalue weighted by molar-refractivity contribution is 5.27. The molecule has 0 saturated heterocycles. The van der Waals surface area contributed by atoms with Crippen LogP contribution >= 0.6 is 0 Å². The van der Waals surface area contributed by atoms with Gasteiger partial charge in [-0.15, -0.1) is 0 Å². The van der Waals surface area contributed by atoms with Crippen molar-refractivity contribution in [2.45, 2.75) is 25.9 Å². The van der Waals surface area contributed by atoms with Gasteiger partial charge < -0.3 is 10.5 Å². The predicted molar refractivity (Wildman–Crippen MR) is 71.5 cm³/mol. The lowest BCUT2D eigenvalue weighted by molar-refractivity contribution is 0.414. The van der Waals surface area contributed by atoms with Crippen molar-refractivity contribution in [2.75, 3.05) is 7.11 Å². The van der Waals surface area contributed by atoms with E-state index in [1.807, 2.05) is 36.1 Å². The first-order chi connectivity index (χ1) is 8.69. The molecule has 1 aromatic carbocycles. The van der Waals surface area contributed by atoms with Crippen molar-refractivity contribution in [2.24, 2.45) is 5.73 Å². The van der Waals surface area contributed by atoms with Crippen molar-refractivity contribution in [1.82, 2.24) is 9.78 Å². The first kappa shape index (κ1) is 12.6. The van der Waals surface area contributed by atoms with Crippen LogP contribution in [0, 0.1) is 0 Å². The molecule has 0 saturated carbocycles. The molecule has 0 bridgehead atoms. The van der Waals surface area contributed by atoms with Crippen LogP contribution < -0.4 is 10.5 Å². The second kappa shape index (κ2) is 5.69. The Hall–Kier alpha value is -1.81. The van der Waals surface area contributed by atoms with Crippen molar-refractivity contribution >= 4 is 0 Å². The Morgan fingerprint density at radius 1 is 1.33 bits per heavy atom. The molecule has 0 amide bonds. The average molecular weight is 245 g/mol. The van der Waals surface area contributed by atoms with Gasteiger partial charge in [0.25, 0.3) is 0 Å². The topological polar surface area (TPSA) is 53.1 Å². The molecule has 96 valence electrons. The van der Waals surface area contributed by atoms with Gasteiger partial charge in [0.15, 0.2) is 0 Å². The molecule has 1 heterocycles. The van der Waals surface area contributed by atoms with Crippen molar-refractivity contribution in [3.63, 3.8) is 0 Å². The summed E-state index contributed by atoms with van der Waals surface area (Å²) in [5, 5.41) is 4.30. The van der Waals surface area contributed by atoms with E-state index in [-0.39, 0.29) is 6.04 Å². The Labute approximate surface area is 107 Å². The second-order valence-corrected chi connectivity index (χ2v) is 4.42. The quantitative estimate of drug-likeness (QED) is 0.878. The molecule has 2 rings (SSSR count). The second-order valence-electron chi connectivity index (χ2n) is 4.42. The molecular weight excluding hydrogens is 226 g/mol. The number of hydrogen-bond donors (Lipinski definition) is 1. The largest absolute Gasteiger partial charge is 0.497 e. The Bertz CT molecular complexity index is 488. The predicted octanol–water partition coefficient (Wildman–Crippen LogP) is 2.15. The van der Waals surface area contributed by atoms with E-state index in [4.69, 9.17) is 10.5 Å². The zero-order valence-electron chi connectivity index (χ0n) is 10.8. The minimum atomic E-state index is 0.0414. The fraction of sp³-hybridized carbons (Fsp3) is 0.357. The van der Waals surface area contributed by atoms with Gasteiger partial charge in [-0.2, -0.15) is 5.10 Å². The molecule has 0 aliphatic rings. The number of hydrogen-bond acceptors (Lipinski definition) is 3. The summed E-state index contributed by atoms with van der Waals surface area (Å²) in [4.78, 5) is 0. The lowest BCUT2D eigenvalue weighted by Crippen LogP contribution is -2.04. The molecule has 4 heteroatoms. The van der Waals surface area contributed by atoms with Crippen LogP contribution in [0.5, 0.6) is 5.75 Å². The summed E-state index contributed by atoms with van der Waals surface area (Å²) in [5.41, 5.74) is 8.14. The van der Waals surface area contributed by atoms with E-state index in [0.717, 1.165) is 24.3 Å². The molecule has 0 spiro atoms. The molecule has 2 N–H and O–H groups in total. The molecule has 1 atom stereocenters. The van der Waals surface area contributed by atoms with E-state index < -0.39 is 0 Å². The van der Waals surface area contributed by atoms with Crippen LogP contribution in [0.4, 0.5) is 0 Å². The van der Waals surface area contributed by atoms with Crippen molar-refractivity contribution < 1.29 is 4.74 Å². The summed E-state index contributed by atoms with van der Waals surface area (Å²) in [6, 6.07) is 8.15. The number of aryl methyl sites for hydroxylation is 2. The van der Waals surface area contributed by atoms with Crippen LogP contribution in [0.3, 0.4) is 0 Å². The van der Waals surface area contributed by atoms with Gasteiger partial charge in [0.2, 0.25) is 0 Å². The highest BCUT2D eigenvalue weighted by atomic mass is 16.5. The standard InChI is InChI=1S/C14H19N3O/c1-11(15)13-9-16-17(10-13)8-7-12-3-5-14(18-2)6-4-12/h3-6,9-11H,7-8,15H2,1-2H3. The maximum Gasteiger partial charge on any atom is 0.118 e. The summed E-state index contributed by atoms with van der Waals surface area (Å²) in [6.07, 6.45) is 4.79. The van der Waals surface area contributed by atoms with E-state index in [1.165, 1.54) is 5.56 Å². The monoisotopic (exact) mass is 245 g/mol. The highest BCUT2D eigenvalue weighted by Crippen LogP contribution is 2.13. The molecule has 0 aliphatic carbocycles. The summed E-state index contributed by atoms with van der Waals surface area (Å²) in [5.74, 6) is 0.886. The van der Waals surface area contributed by atoms with Gasteiger partial charge in [-0.1, -0.05) is 12.1 Å². The van der Waals surface area contributed by atoms with Gasteiger partial charge in [-0.05, 0) is 31.0 Å². The molecule has 1 unspecified atom stereocenters. The van der Waals surface area contributed by atoms with E-state index in [1.54, 1.807) is 7.11 Å². The summed E-state index contributed by atoms with van der Waals surface area (Å²) < 4.78 is 7.06. The van der Waals surface area contributed by atoms with Gasteiger partial charge in [0, 0.05) is 24.3 Å². The van der Waals surface area contributed by atoms with Crippen LogP contribution in [0.25, 0.3) is 0 Å². The maximum atomic E-state index is 5.80. The van der Waals surface area contributed by atoms with Crippen LogP contribution in [-0.4, -0.2) is 16.9 Å². The minimum absolute atomic E-state index is 0.0414. The van der Waals surface area contributed by atoms with Crippen LogP contribution in [0.15, 0.2) is 36.7 Å². The van der Waals surface area contributed by atoms with Crippen LogP contribution in [0.2, 0.25) is 0 Å². The first-order valence-corrected chi connectivity index (χ1v) is 6.10. The molecular formula is C14H19N3O. The Kier molecular flexibility index (Phi) is 3.99. The molecule has 1 aromatic heterocycles. The molecule has 0 aliphatic heterocycles. The highest BCUT2D eigenvalue weighted by Gasteiger charge is 2.03. The number of benzene rings is 1. The zero-order valence-corrected chi connectivity index (χ0v) is 10.8. The van der Waals surface area contributed by atoms with Crippen LogP contribution in [0.1, 0.15) is 24.1 Å². The first-order valence-electron chi connectivity index (χ1n) is 6.10. The molecule has 0 fully saturated rings. The minimum Gasteiger partial charge on any atom is -0.497 e. The lowest BCUT2D eigenvalue weighted by atomic mass is 10.1. The van der Waals surface area contributed by atoms with Crippen molar-refractivity contribution in [3.8, 4) is 5.75 Å². The number of nitrogens with two attached hydrogens (primary N) is 1. The SMILES string of the molecule is COc1ccc(CCn2cc(C(C)N)cn2)cc1. The van der Waals surface area contributed by atoms with Crippen molar-refractivity contribution in [1.29, 1.82) is 0 Å². The average Bonchev–Trinajstić information content (AvgIpc) is 2.86. The third-order valence-electron chi connectivity index (χ3n) is 2.97. The summed E-state index contributed by atoms with van der Waals surface area (Å²) in [6.45, 7) is 2.82. The number of ether oxygens (including phenoxy) is 1. The normalized spacial score (nSPS) is 12.4. The van der Waals surface area contributed by atoms with E-state index in [9.17, 15) is 0 Å². The van der Waals surface area contributed by atoms with Gasteiger partial charge >= 0.3 is 0 Å². The van der Waals surface area contributed by atoms with E-state index >= 15 is 0 Å². The van der Waals surface area contributed by atoms with Gasteiger partial charge in [0.1, 0.15) is 5.75 Å². The summed E-state index contributed by atoms with van der Waals surface area (Å²) >= 11 is 0. The van der Waals surface area contributed by atoms with Crippen molar-refractivity contribution in [3.05, 3.63) is 47.8 Å². The lowest BCUT2D eigenvalue weighted by Gasteiger charge is -2.04. The number of aromatic nitrogens is 2. The summed E-state index contributed by atoms with van der Waals surface area (Å²) in [7, 11) is 1.67. The Morgan fingerprint density at radius 3 is 2.61 bits per heavy atom. The van der Waals surface area contributed by atoms with Gasteiger partial charge in [-0.25, -0.2) is 0 Å². The fourth-order valence-electron chi connectivity index (χ4n) is 1.77. The van der Waals surface area contributed by atoms with E-state index in [0.29, 0.717) is 0 Å². The smallest absolute Gasteiger partial charge is 0.118 e. The number of rotatable bonds is 5. The fourth-order valence-corrected chi connectivity index (χ4v) is 1.77. The van der Waals surface area contributed by atoms with Crippen LogP contribution in [-0.2, 0) is 13.0 Å². The van der Waals surface area contributed by atoms with Gasteiger partial charge in [-0.3, -0.25) is 4.68 Å². The molecule has 4 nitrogen and oxygen atoms in total. The number of methoxy groups -OCH3 is 1. The third-order valence-corrected chi connectivity index (χ3v) is 2.97. The molecule has 18 heavy (non-hydrogen) atoms. The third kappa shape index (κ3) is 3.11.